The molecule has 0 atom stereocenters. The molecule has 0 aromatic heterocycles. The maximum Gasteiger partial charge on any atom is 0.412 e. The molecule has 76 valence electrons. The van der Waals surface area contributed by atoms with Gasteiger partial charge in [0.25, 0.3) is 0 Å². The Hall–Kier alpha value is -1.51. The van der Waals surface area contributed by atoms with Crippen molar-refractivity contribution in [2.75, 3.05) is 0 Å². The number of rotatable bonds is 0. The second-order valence-corrected chi connectivity index (χ2v) is 2.85. The quantitative estimate of drug-likeness (QED) is 0.687. The lowest BCUT2D eigenvalue weighted by molar-refractivity contribution is 0.194. The second-order valence-electron chi connectivity index (χ2n) is 2.85. The Balaban J connectivity index is 0.000000461. The van der Waals surface area contributed by atoms with Gasteiger partial charge >= 0.3 is 6.09 Å². The minimum atomic E-state index is -0.369. The fourth-order valence-corrected chi connectivity index (χ4v) is 1.25. The van der Waals surface area contributed by atoms with Gasteiger partial charge in [0.15, 0.2) is 0 Å². The van der Waals surface area contributed by atoms with Gasteiger partial charge in [-0.15, -0.1) is 0 Å². The summed E-state index contributed by atoms with van der Waals surface area (Å²) in [6.07, 6.45) is -0.369. The Morgan fingerprint density at radius 1 is 1.36 bits per heavy atom. The highest BCUT2D eigenvalue weighted by atomic mass is 16.6. The van der Waals surface area contributed by atoms with Crippen molar-refractivity contribution >= 4 is 6.09 Å². The molecule has 0 saturated carbocycles. The zero-order valence-corrected chi connectivity index (χ0v) is 8.76. The van der Waals surface area contributed by atoms with Crippen molar-refractivity contribution in [3.05, 3.63) is 29.3 Å². The third-order valence-corrected chi connectivity index (χ3v) is 1.84. The highest BCUT2D eigenvalue weighted by Crippen LogP contribution is 2.22. The summed E-state index contributed by atoms with van der Waals surface area (Å²) < 4.78 is 4.94. The first-order valence-corrected chi connectivity index (χ1v) is 4.81. The summed E-state index contributed by atoms with van der Waals surface area (Å²) in [5.41, 5.74) is 2.21. The lowest BCUT2D eigenvalue weighted by atomic mass is 10.1. The number of ether oxygens (including phenoxy) is 1. The van der Waals surface area contributed by atoms with Gasteiger partial charge in [0.2, 0.25) is 0 Å². The summed E-state index contributed by atoms with van der Waals surface area (Å²) in [7, 11) is 0. The van der Waals surface area contributed by atoms with E-state index in [2.05, 4.69) is 5.32 Å². The second kappa shape index (κ2) is 4.65. The number of hydrogen-bond donors (Lipinski definition) is 1. The van der Waals surface area contributed by atoms with Crippen LogP contribution in [0.15, 0.2) is 18.2 Å². The molecule has 14 heavy (non-hydrogen) atoms. The number of amides is 1. The number of carbonyl (C=O) groups excluding carboxylic acids is 1. The summed E-state index contributed by atoms with van der Waals surface area (Å²) in [5, 5.41) is 2.60. The smallest absolute Gasteiger partial charge is 0.410 e. The molecule has 2 rings (SSSR count). The van der Waals surface area contributed by atoms with Crippen molar-refractivity contribution in [3.8, 4) is 5.75 Å². The van der Waals surface area contributed by atoms with Gasteiger partial charge in [-0.25, -0.2) is 4.79 Å². The molecule has 0 saturated heterocycles. The van der Waals surface area contributed by atoms with Crippen LogP contribution in [0.3, 0.4) is 0 Å². The molecule has 1 heterocycles. The van der Waals surface area contributed by atoms with Gasteiger partial charge in [-0.05, 0) is 13.0 Å². The Kier molecular flexibility index (Phi) is 3.51. The monoisotopic (exact) mass is 193 g/mol. The van der Waals surface area contributed by atoms with Crippen LogP contribution >= 0.6 is 0 Å². The van der Waals surface area contributed by atoms with Crippen LogP contribution in [0.1, 0.15) is 25.0 Å². The summed E-state index contributed by atoms with van der Waals surface area (Å²) in [5.74, 6) is 0.671. The number of fused-ring (bicyclic) bond motifs is 1. The Bertz CT molecular complexity index is 334. The van der Waals surface area contributed by atoms with Crippen molar-refractivity contribution in [2.24, 2.45) is 0 Å². The molecule has 1 aromatic rings. The van der Waals surface area contributed by atoms with Crippen molar-refractivity contribution in [1.29, 1.82) is 0 Å². The molecule has 0 radical (unpaired) electrons. The standard InChI is InChI=1S/C9H9NO2.C2H6/c1-6-2-3-8-7(4-6)5-10-9(11)12-8;1-2/h2-4H,5H2,1H3,(H,10,11);1-2H3. The van der Waals surface area contributed by atoms with Crippen LogP contribution in [0.2, 0.25) is 0 Å². The number of carbonyl (C=O) groups is 1. The van der Waals surface area contributed by atoms with E-state index in [4.69, 9.17) is 4.74 Å². The molecule has 0 fully saturated rings. The normalized spacial score (nSPS) is 12.9. The number of aryl methyl sites for hydroxylation is 1. The van der Waals surface area contributed by atoms with Gasteiger partial charge < -0.3 is 10.1 Å². The SMILES string of the molecule is CC.Cc1ccc2c(c1)CNC(=O)O2. The Labute approximate surface area is 84.1 Å². The summed E-state index contributed by atoms with van der Waals surface area (Å²) in [4.78, 5) is 10.8. The molecule has 1 amide bonds. The largest absolute Gasteiger partial charge is 0.412 e. The topological polar surface area (TPSA) is 38.3 Å². The van der Waals surface area contributed by atoms with Crippen LogP contribution in [0.4, 0.5) is 4.79 Å². The number of nitrogens with one attached hydrogen (secondary N) is 1. The van der Waals surface area contributed by atoms with Crippen molar-refractivity contribution in [1.82, 2.24) is 5.32 Å². The fourth-order valence-electron chi connectivity index (χ4n) is 1.25. The zero-order chi connectivity index (χ0) is 10.6. The Morgan fingerprint density at radius 3 is 2.79 bits per heavy atom. The average Bonchev–Trinajstić information content (AvgIpc) is 2.21. The van der Waals surface area contributed by atoms with Crippen molar-refractivity contribution in [2.45, 2.75) is 27.3 Å². The highest BCUT2D eigenvalue weighted by molar-refractivity contribution is 5.73. The third-order valence-electron chi connectivity index (χ3n) is 1.84. The van der Waals surface area contributed by atoms with E-state index >= 15 is 0 Å². The predicted octanol–water partition coefficient (Wildman–Crippen LogP) is 2.62. The van der Waals surface area contributed by atoms with E-state index in [9.17, 15) is 4.79 Å². The molecule has 1 aromatic carbocycles. The molecule has 0 spiro atoms. The first kappa shape index (κ1) is 10.6. The van der Waals surface area contributed by atoms with Gasteiger partial charge in [-0.3, -0.25) is 0 Å². The molecule has 1 aliphatic rings. The summed E-state index contributed by atoms with van der Waals surface area (Å²) in [6, 6.07) is 5.76. The van der Waals surface area contributed by atoms with E-state index in [1.54, 1.807) is 0 Å². The molecule has 0 bridgehead atoms. The zero-order valence-electron chi connectivity index (χ0n) is 8.76. The maximum absolute atomic E-state index is 10.8. The molecular weight excluding hydrogens is 178 g/mol. The van der Waals surface area contributed by atoms with E-state index in [1.165, 1.54) is 5.56 Å². The van der Waals surface area contributed by atoms with Gasteiger partial charge in [0, 0.05) is 12.1 Å². The van der Waals surface area contributed by atoms with E-state index in [1.807, 2.05) is 39.0 Å². The summed E-state index contributed by atoms with van der Waals surface area (Å²) in [6.45, 7) is 6.58. The van der Waals surface area contributed by atoms with E-state index in [0.29, 0.717) is 12.3 Å². The van der Waals surface area contributed by atoms with Gasteiger partial charge in [0.1, 0.15) is 5.75 Å². The lowest BCUT2D eigenvalue weighted by Crippen LogP contribution is -2.31. The Morgan fingerprint density at radius 2 is 2.07 bits per heavy atom. The molecule has 1 N–H and O–H groups in total. The molecule has 3 heteroatoms. The van der Waals surface area contributed by atoms with Crippen LogP contribution in [0, 0.1) is 6.92 Å². The fraction of sp³-hybridized carbons (Fsp3) is 0.364. The average molecular weight is 193 g/mol. The predicted molar refractivity (Wildman–Crippen MR) is 55.4 cm³/mol. The number of hydrogen-bond acceptors (Lipinski definition) is 2. The molecular formula is C11H15NO2. The van der Waals surface area contributed by atoms with Crippen LogP contribution in [-0.4, -0.2) is 6.09 Å². The molecule has 0 aliphatic carbocycles. The van der Waals surface area contributed by atoms with Crippen LogP contribution < -0.4 is 10.1 Å². The van der Waals surface area contributed by atoms with E-state index in [-0.39, 0.29) is 6.09 Å². The first-order valence-electron chi connectivity index (χ1n) is 4.81. The van der Waals surface area contributed by atoms with Gasteiger partial charge in [-0.2, -0.15) is 0 Å². The van der Waals surface area contributed by atoms with Crippen molar-refractivity contribution < 1.29 is 9.53 Å². The minimum Gasteiger partial charge on any atom is -0.410 e. The van der Waals surface area contributed by atoms with Crippen molar-refractivity contribution in [3.63, 3.8) is 0 Å². The molecule has 1 aliphatic heterocycles. The first-order chi connectivity index (χ1) is 6.75. The highest BCUT2D eigenvalue weighted by Gasteiger charge is 2.14. The number of benzene rings is 1. The van der Waals surface area contributed by atoms with Gasteiger partial charge in [0.05, 0.1) is 0 Å². The maximum atomic E-state index is 10.8. The summed E-state index contributed by atoms with van der Waals surface area (Å²) >= 11 is 0. The third kappa shape index (κ3) is 2.25. The van der Waals surface area contributed by atoms with Crippen LogP contribution in [-0.2, 0) is 6.54 Å². The minimum absolute atomic E-state index is 0.369. The molecule has 3 nitrogen and oxygen atoms in total. The van der Waals surface area contributed by atoms with Crippen LogP contribution in [0.25, 0.3) is 0 Å². The van der Waals surface area contributed by atoms with E-state index in [0.717, 1.165) is 5.56 Å². The lowest BCUT2D eigenvalue weighted by Gasteiger charge is -2.16. The molecule has 0 unspecified atom stereocenters. The van der Waals surface area contributed by atoms with Crippen LogP contribution in [0.5, 0.6) is 5.75 Å². The van der Waals surface area contributed by atoms with E-state index < -0.39 is 0 Å². The van der Waals surface area contributed by atoms with Gasteiger partial charge in [-0.1, -0.05) is 31.5 Å².